The SMILES string of the molecule is CC(C)NC1CC(COC(C)(C)C)CC1O. The number of aliphatic hydroxyl groups is 1. The zero-order chi connectivity index (χ0) is 12.3. The third-order valence-electron chi connectivity index (χ3n) is 2.93. The number of nitrogens with one attached hydrogen (secondary N) is 1. The first-order valence-electron chi connectivity index (χ1n) is 6.36. The van der Waals surface area contributed by atoms with Gasteiger partial charge in [0.15, 0.2) is 0 Å². The maximum Gasteiger partial charge on any atom is 0.0696 e. The zero-order valence-corrected chi connectivity index (χ0v) is 11.3. The van der Waals surface area contributed by atoms with E-state index in [9.17, 15) is 5.11 Å². The highest BCUT2D eigenvalue weighted by molar-refractivity contribution is 4.89. The third-order valence-corrected chi connectivity index (χ3v) is 2.93. The van der Waals surface area contributed by atoms with Crippen molar-refractivity contribution in [1.29, 1.82) is 0 Å². The molecule has 1 fully saturated rings. The fourth-order valence-electron chi connectivity index (χ4n) is 2.23. The summed E-state index contributed by atoms with van der Waals surface area (Å²) in [5.74, 6) is 0.491. The summed E-state index contributed by atoms with van der Waals surface area (Å²) in [7, 11) is 0. The van der Waals surface area contributed by atoms with Crippen LogP contribution in [0.4, 0.5) is 0 Å². The highest BCUT2D eigenvalue weighted by atomic mass is 16.5. The van der Waals surface area contributed by atoms with Gasteiger partial charge in [0.2, 0.25) is 0 Å². The van der Waals surface area contributed by atoms with Crippen LogP contribution in [0.15, 0.2) is 0 Å². The van der Waals surface area contributed by atoms with E-state index in [-0.39, 0.29) is 17.7 Å². The van der Waals surface area contributed by atoms with Gasteiger partial charge in [0, 0.05) is 12.1 Å². The Labute approximate surface area is 99.6 Å². The van der Waals surface area contributed by atoms with Gasteiger partial charge in [-0.05, 0) is 39.5 Å². The van der Waals surface area contributed by atoms with E-state index in [1.807, 2.05) is 0 Å². The summed E-state index contributed by atoms with van der Waals surface area (Å²) >= 11 is 0. The standard InChI is InChI=1S/C13H27NO2/c1-9(2)14-11-6-10(7-12(11)15)8-16-13(3,4)5/h9-12,14-15H,6-8H2,1-5H3. The molecule has 3 nitrogen and oxygen atoms in total. The average Bonchev–Trinajstić information content (AvgIpc) is 2.42. The van der Waals surface area contributed by atoms with Crippen molar-refractivity contribution in [3.63, 3.8) is 0 Å². The Kier molecular flexibility index (Phi) is 4.77. The topological polar surface area (TPSA) is 41.5 Å². The van der Waals surface area contributed by atoms with Crippen molar-refractivity contribution in [2.24, 2.45) is 5.92 Å². The van der Waals surface area contributed by atoms with E-state index in [1.54, 1.807) is 0 Å². The first-order chi connectivity index (χ1) is 7.28. The Bertz CT molecular complexity index is 210. The van der Waals surface area contributed by atoms with Crippen molar-refractivity contribution in [3.8, 4) is 0 Å². The summed E-state index contributed by atoms with van der Waals surface area (Å²) in [6.45, 7) is 11.2. The smallest absolute Gasteiger partial charge is 0.0696 e. The Morgan fingerprint density at radius 3 is 2.44 bits per heavy atom. The molecule has 0 bridgehead atoms. The summed E-state index contributed by atoms with van der Waals surface area (Å²) in [5, 5.41) is 13.3. The molecule has 2 N–H and O–H groups in total. The molecule has 0 spiro atoms. The molecule has 0 heterocycles. The van der Waals surface area contributed by atoms with Crippen LogP contribution in [0.1, 0.15) is 47.5 Å². The number of hydrogen-bond acceptors (Lipinski definition) is 3. The highest BCUT2D eigenvalue weighted by Gasteiger charge is 2.33. The number of hydrogen-bond donors (Lipinski definition) is 2. The molecule has 0 aromatic rings. The second kappa shape index (κ2) is 5.48. The van der Waals surface area contributed by atoms with Crippen molar-refractivity contribution in [2.45, 2.75) is 71.2 Å². The van der Waals surface area contributed by atoms with Gasteiger partial charge in [-0.15, -0.1) is 0 Å². The number of ether oxygens (including phenoxy) is 1. The number of rotatable bonds is 4. The van der Waals surface area contributed by atoms with Crippen molar-refractivity contribution in [1.82, 2.24) is 5.32 Å². The maximum atomic E-state index is 9.92. The summed E-state index contributed by atoms with van der Waals surface area (Å²) in [5.41, 5.74) is -0.0749. The minimum absolute atomic E-state index is 0.0749. The molecular formula is C13H27NO2. The van der Waals surface area contributed by atoms with Crippen LogP contribution < -0.4 is 5.32 Å². The fraction of sp³-hybridized carbons (Fsp3) is 1.00. The van der Waals surface area contributed by atoms with Gasteiger partial charge in [0.1, 0.15) is 0 Å². The van der Waals surface area contributed by atoms with E-state index >= 15 is 0 Å². The molecule has 1 rings (SSSR count). The lowest BCUT2D eigenvalue weighted by atomic mass is 10.1. The van der Waals surface area contributed by atoms with Crippen LogP contribution in [-0.4, -0.2) is 35.5 Å². The molecule has 0 aromatic heterocycles. The fourth-order valence-corrected chi connectivity index (χ4v) is 2.23. The van der Waals surface area contributed by atoms with Gasteiger partial charge < -0.3 is 15.2 Å². The first kappa shape index (κ1) is 13.9. The van der Waals surface area contributed by atoms with Gasteiger partial charge in [-0.2, -0.15) is 0 Å². The molecule has 16 heavy (non-hydrogen) atoms. The molecule has 0 aromatic carbocycles. The Balaban J connectivity index is 2.32. The van der Waals surface area contributed by atoms with Crippen LogP contribution >= 0.6 is 0 Å². The van der Waals surface area contributed by atoms with Gasteiger partial charge in [0.05, 0.1) is 18.3 Å². The molecule has 3 atom stereocenters. The van der Waals surface area contributed by atoms with Crippen molar-refractivity contribution in [3.05, 3.63) is 0 Å². The lowest BCUT2D eigenvalue weighted by Crippen LogP contribution is -2.39. The predicted octanol–water partition coefficient (Wildman–Crippen LogP) is 1.94. The van der Waals surface area contributed by atoms with E-state index in [1.165, 1.54) is 0 Å². The molecule has 0 saturated heterocycles. The summed E-state index contributed by atoms with van der Waals surface area (Å²) in [4.78, 5) is 0. The van der Waals surface area contributed by atoms with Crippen molar-refractivity contribution in [2.75, 3.05) is 6.61 Å². The predicted molar refractivity (Wildman–Crippen MR) is 66.5 cm³/mol. The van der Waals surface area contributed by atoms with E-state index < -0.39 is 0 Å². The highest BCUT2D eigenvalue weighted by Crippen LogP contribution is 2.27. The lowest BCUT2D eigenvalue weighted by molar-refractivity contribution is -0.0228. The van der Waals surface area contributed by atoms with Crippen LogP contribution in [-0.2, 0) is 4.74 Å². The Morgan fingerprint density at radius 1 is 1.31 bits per heavy atom. The van der Waals surface area contributed by atoms with Crippen molar-refractivity contribution < 1.29 is 9.84 Å². The molecule has 0 amide bonds. The van der Waals surface area contributed by atoms with Gasteiger partial charge in [-0.1, -0.05) is 13.8 Å². The van der Waals surface area contributed by atoms with Crippen molar-refractivity contribution >= 4 is 0 Å². The van der Waals surface area contributed by atoms with Gasteiger partial charge in [-0.25, -0.2) is 0 Å². The van der Waals surface area contributed by atoms with E-state index in [2.05, 4.69) is 39.9 Å². The number of aliphatic hydroxyl groups excluding tert-OH is 1. The van der Waals surface area contributed by atoms with E-state index in [4.69, 9.17) is 4.74 Å². The molecule has 0 aliphatic heterocycles. The van der Waals surface area contributed by atoms with Crippen LogP contribution in [0.3, 0.4) is 0 Å². The molecule has 96 valence electrons. The van der Waals surface area contributed by atoms with Crippen LogP contribution in [0.5, 0.6) is 0 Å². The summed E-state index contributed by atoms with van der Waals surface area (Å²) < 4.78 is 5.78. The van der Waals surface area contributed by atoms with E-state index in [0.717, 1.165) is 19.4 Å². The maximum absolute atomic E-state index is 9.92. The molecule has 0 radical (unpaired) electrons. The van der Waals surface area contributed by atoms with Gasteiger partial charge in [-0.3, -0.25) is 0 Å². The Hall–Kier alpha value is -0.120. The average molecular weight is 229 g/mol. The van der Waals surface area contributed by atoms with Gasteiger partial charge in [0.25, 0.3) is 0 Å². The second-order valence-corrected chi connectivity index (χ2v) is 6.26. The lowest BCUT2D eigenvalue weighted by Gasteiger charge is -2.22. The zero-order valence-electron chi connectivity index (χ0n) is 11.3. The minimum Gasteiger partial charge on any atom is -0.391 e. The molecule has 1 saturated carbocycles. The molecule has 1 aliphatic rings. The summed E-state index contributed by atoms with van der Waals surface area (Å²) in [6, 6.07) is 0.676. The first-order valence-corrected chi connectivity index (χ1v) is 6.36. The molecule has 3 unspecified atom stereocenters. The van der Waals surface area contributed by atoms with Crippen LogP contribution in [0.2, 0.25) is 0 Å². The molecule has 3 heteroatoms. The van der Waals surface area contributed by atoms with Crippen LogP contribution in [0.25, 0.3) is 0 Å². The quantitative estimate of drug-likeness (QED) is 0.774. The minimum atomic E-state index is -0.212. The normalized spacial score (nSPS) is 31.3. The molecule has 1 aliphatic carbocycles. The van der Waals surface area contributed by atoms with E-state index in [0.29, 0.717) is 12.0 Å². The molecular weight excluding hydrogens is 202 g/mol. The third kappa shape index (κ3) is 4.81. The Morgan fingerprint density at radius 2 is 1.94 bits per heavy atom. The summed E-state index contributed by atoms with van der Waals surface area (Å²) in [6.07, 6.45) is 1.67. The van der Waals surface area contributed by atoms with Gasteiger partial charge >= 0.3 is 0 Å². The van der Waals surface area contributed by atoms with Crippen LogP contribution in [0, 0.1) is 5.92 Å². The second-order valence-electron chi connectivity index (χ2n) is 6.26. The largest absolute Gasteiger partial charge is 0.391 e. The monoisotopic (exact) mass is 229 g/mol.